The molecule has 0 aliphatic heterocycles. The predicted octanol–water partition coefficient (Wildman–Crippen LogP) is 5.69. The number of para-hydroxylation sites is 1. The summed E-state index contributed by atoms with van der Waals surface area (Å²) in [6, 6.07) is 20.0. The maximum atomic E-state index is 12.7. The molecular weight excluding hydrogens is 380 g/mol. The largest absolute Gasteiger partial charge is 0.497 e. The highest BCUT2D eigenvalue weighted by Gasteiger charge is 2.19. The van der Waals surface area contributed by atoms with Crippen LogP contribution in [0.15, 0.2) is 66.7 Å². The molecule has 0 saturated carbocycles. The number of carbonyl (C=O) groups excluding carboxylic acids is 1. The Labute approximate surface area is 174 Å². The maximum Gasteiger partial charge on any atom is 0.246 e. The summed E-state index contributed by atoms with van der Waals surface area (Å²) in [5.41, 5.74) is 1.96. The number of ether oxygens (including phenoxy) is 1. The highest BCUT2D eigenvalue weighted by molar-refractivity contribution is 7.18. The second-order valence-corrected chi connectivity index (χ2v) is 8.01. The van der Waals surface area contributed by atoms with E-state index in [1.807, 2.05) is 68.6 Å². The van der Waals surface area contributed by atoms with Crippen LogP contribution in [0.2, 0.25) is 0 Å². The normalized spacial score (nSPS) is 12.5. The van der Waals surface area contributed by atoms with E-state index in [4.69, 9.17) is 4.74 Å². The van der Waals surface area contributed by atoms with Crippen LogP contribution < -0.4 is 4.74 Å². The van der Waals surface area contributed by atoms with Crippen molar-refractivity contribution in [3.8, 4) is 5.75 Å². The molecule has 146 valence electrons. The van der Waals surface area contributed by atoms with Crippen molar-refractivity contribution in [3.63, 3.8) is 0 Å². The molecule has 4 rings (SSSR count). The molecule has 0 aliphatic carbocycles. The molecular formula is C24H22N2O2S. The van der Waals surface area contributed by atoms with E-state index < -0.39 is 0 Å². The Morgan fingerprint density at radius 1 is 1.10 bits per heavy atom. The summed E-state index contributed by atoms with van der Waals surface area (Å²) in [5.74, 6) is 0.785. The molecule has 1 heterocycles. The first-order chi connectivity index (χ1) is 14.0. The average Bonchev–Trinajstić information content (AvgIpc) is 3.20. The lowest BCUT2D eigenvalue weighted by Crippen LogP contribution is -2.27. The Bertz CT molecular complexity index is 1180. The third-order valence-corrected chi connectivity index (χ3v) is 6.29. The number of hydrogen-bond donors (Lipinski definition) is 0. The molecule has 5 heteroatoms. The molecule has 3 aromatic carbocycles. The van der Waals surface area contributed by atoms with Gasteiger partial charge in [-0.1, -0.05) is 30.3 Å². The van der Waals surface area contributed by atoms with E-state index in [-0.39, 0.29) is 11.9 Å². The summed E-state index contributed by atoms with van der Waals surface area (Å²) in [6.45, 7) is 2.01. The molecule has 0 saturated heterocycles. The quantitative estimate of drug-likeness (QED) is 0.403. The molecule has 0 fully saturated rings. The van der Waals surface area contributed by atoms with Gasteiger partial charge in [-0.2, -0.15) is 0 Å². The van der Waals surface area contributed by atoms with Gasteiger partial charge in [-0.15, -0.1) is 11.3 Å². The summed E-state index contributed by atoms with van der Waals surface area (Å²) in [4.78, 5) is 19.1. The maximum absolute atomic E-state index is 12.7. The summed E-state index contributed by atoms with van der Waals surface area (Å²) < 4.78 is 6.41. The van der Waals surface area contributed by atoms with Crippen LogP contribution in [0.5, 0.6) is 5.75 Å². The average molecular weight is 403 g/mol. The van der Waals surface area contributed by atoms with Crippen molar-refractivity contribution >= 4 is 44.3 Å². The topological polar surface area (TPSA) is 42.4 Å². The van der Waals surface area contributed by atoms with Gasteiger partial charge in [0.05, 0.1) is 23.4 Å². The molecule has 1 amide bonds. The van der Waals surface area contributed by atoms with Gasteiger partial charge in [0, 0.05) is 13.1 Å². The van der Waals surface area contributed by atoms with E-state index in [1.54, 1.807) is 29.4 Å². The van der Waals surface area contributed by atoms with Crippen LogP contribution in [0.3, 0.4) is 0 Å². The van der Waals surface area contributed by atoms with E-state index in [2.05, 4.69) is 17.1 Å². The van der Waals surface area contributed by atoms with Crippen molar-refractivity contribution in [1.82, 2.24) is 9.88 Å². The second-order valence-electron chi connectivity index (χ2n) is 6.95. The fourth-order valence-corrected chi connectivity index (χ4v) is 4.25. The minimum atomic E-state index is -0.0892. The summed E-state index contributed by atoms with van der Waals surface area (Å²) in [6.07, 6.45) is 3.47. The van der Waals surface area contributed by atoms with E-state index in [1.165, 1.54) is 0 Å². The molecule has 4 nitrogen and oxygen atoms in total. The van der Waals surface area contributed by atoms with Crippen molar-refractivity contribution in [2.24, 2.45) is 0 Å². The van der Waals surface area contributed by atoms with Gasteiger partial charge >= 0.3 is 0 Å². The van der Waals surface area contributed by atoms with Crippen molar-refractivity contribution in [2.45, 2.75) is 13.0 Å². The fraction of sp³-hybridized carbons (Fsp3) is 0.167. The first-order valence-corrected chi connectivity index (χ1v) is 10.2. The van der Waals surface area contributed by atoms with Crippen LogP contribution >= 0.6 is 11.3 Å². The Morgan fingerprint density at radius 3 is 2.66 bits per heavy atom. The Kier molecular flexibility index (Phi) is 5.32. The van der Waals surface area contributed by atoms with Crippen LogP contribution in [-0.2, 0) is 4.79 Å². The van der Waals surface area contributed by atoms with Crippen molar-refractivity contribution in [2.75, 3.05) is 14.2 Å². The number of benzene rings is 3. The number of hydrogen-bond acceptors (Lipinski definition) is 4. The van der Waals surface area contributed by atoms with Gasteiger partial charge in [0.25, 0.3) is 0 Å². The number of aromatic nitrogens is 1. The number of fused-ring (bicyclic) bond motifs is 2. The lowest BCUT2D eigenvalue weighted by molar-refractivity contribution is -0.126. The Hall–Kier alpha value is -3.18. The monoisotopic (exact) mass is 402 g/mol. The number of rotatable bonds is 5. The van der Waals surface area contributed by atoms with E-state index in [0.717, 1.165) is 37.3 Å². The number of amides is 1. The molecule has 0 N–H and O–H groups in total. The van der Waals surface area contributed by atoms with E-state index >= 15 is 0 Å². The third kappa shape index (κ3) is 4.00. The zero-order valence-corrected chi connectivity index (χ0v) is 17.4. The lowest BCUT2D eigenvalue weighted by Gasteiger charge is -2.21. The van der Waals surface area contributed by atoms with Crippen LogP contribution in [0.1, 0.15) is 23.5 Å². The standard InChI is InChI=1S/C24H22N2O2S/c1-16(24-25-21-6-4-5-7-22(21)29-24)26(2)23(27)13-9-17-8-10-19-15-20(28-3)12-11-18(19)14-17/h4-16H,1-3H3/b13-9+/t16-/m1/s1. The zero-order valence-electron chi connectivity index (χ0n) is 16.6. The van der Waals surface area contributed by atoms with Gasteiger partial charge in [0.2, 0.25) is 5.91 Å². The van der Waals surface area contributed by atoms with Gasteiger partial charge in [-0.05, 0) is 59.7 Å². The smallest absolute Gasteiger partial charge is 0.246 e. The molecule has 1 atom stereocenters. The van der Waals surface area contributed by atoms with Gasteiger partial charge < -0.3 is 9.64 Å². The molecule has 4 aromatic rings. The molecule has 0 unspecified atom stereocenters. The minimum absolute atomic E-state index is 0.0495. The van der Waals surface area contributed by atoms with Gasteiger partial charge in [0.1, 0.15) is 10.8 Å². The number of thiazole rings is 1. The Balaban J connectivity index is 1.50. The van der Waals surface area contributed by atoms with Crippen molar-refractivity contribution in [3.05, 3.63) is 77.3 Å². The molecule has 0 spiro atoms. The predicted molar refractivity (Wildman–Crippen MR) is 120 cm³/mol. The molecule has 0 aliphatic rings. The van der Waals surface area contributed by atoms with Gasteiger partial charge in [0.15, 0.2) is 0 Å². The zero-order chi connectivity index (χ0) is 20.4. The van der Waals surface area contributed by atoms with E-state index in [0.29, 0.717) is 0 Å². The number of nitrogens with zero attached hydrogens (tertiary/aromatic N) is 2. The number of methoxy groups -OCH3 is 1. The summed E-state index contributed by atoms with van der Waals surface area (Å²) >= 11 is 1.63. The molecule has 0 bridgehead atoms. The fourth-order valence-electron chi connectivity index (χ4n) is 3.18. The van der Waals surface area contributed by atoms with Crippen LogP contribution in [0.25, 0.3) is 27.1 Å². The molecule has 0 radical (unpaired) electrons. The number of likely N-dealkylation sites (N-methyl/N-ethyl adjacent to an activating group) is 1. The SMILES string of the molecule is COc1ccc2cc(/C=C/C(=O)N(C)[C@H](C)c3nc4ccccc4s3)ccc2c1. The minimum Gasteiger partial charge on any atom is -0.497 e. The Morgan fingerprint density at radius 2 is 1.86 bits per heavy atom. The van der Waals surface area contributed by atoms with Crippen LogP contribution in [0, 0.1) is 0 Å². The molecule has 1 aromatic heterocycles. The highest BCUT2D eigenvalue weighted by atomic mass is 32.1. The first-order valence-electron chi connectivity index (χ1n) is 9.43. The highest BCUT2D eigenvalue weighted by Crippen LogP contribution is 2.29. The lowest BCUT2D eigenvalue weighted by atomic mass is 10.1. The third-order valence-electron chi connectivity index (χ3n) is 5.09. The van der Waals surface area contributed by atoms with Crippen molar-refractivity contribution in [1.29, 1.82) is 0 Å². The number of carbonyl (C=O) groups is 1. The van der Waals surface area contributed by atoms with Crippen LogP contribution in [-0.4, -0.2) is 29.9 Å². The van der Waals surface area contributed by atoms with Crippen molar-refractivity contribution < 1.29 is 9.53 Å². The first kappa shape index (κ1) is 19.2. The van der Waals surface area contributed by atoms with Crippen LogP contribution in [0.4, 0.5) is 0 Å². The summed E-state index contributed by atoms with van der Waals surface area (Å²) in [7, 11) is 3.48. The molecule has 29 heavy (non-hydrogen) atoms. The van der Waals surface area contributed by atoms with Gasteiger partial charge in [-0.25, -0.2) is 4.98 Å². The van der Waals surface area contributed by atoms with E-state index in [9.17, 15) is 4.79 Å². The second kappa shape index (κ2) is 8.05. The van der Waals surface area contributed by atoms with Gasteiger partial charge in [-0.3, -0.25) is 4.79 Å². The summed E-state index contributed by atoms with van der Waals surface area (Å²) in [5, 5.41) is 3.15.